The number of nitrogens with two attached hydrogens (primary N) is 1. The standard InChI is InChI=1S/C9H13N3/c1-6(10)8-4-5-11-9(12-8)7-2-3-7/h4-7H,2-3,10H2,1H3. The highest BCUT2D eigenvalue weighted by Crippen LogP contribution is 2.37. The minimum atomic E-state index is 0.0190. The molecule has 0 aromatic carbocycles. The summed E-state index contributed by atoms with van der Waals surface area (Å²) in [6, 6.07) is 1.90. The van der Waals surface area contributed by atoms with Crippen LogP contribution < -0.4 is 5.73 Å². The maximum absolute atomic E-state index is 5.71. The van der Waals surface area contributed by atoms with Crippen LogP contribution >= 0.6 is 0 Å². The zero-order valence-corrected chi connectivity index (χ0v) is 7.20. The van der Waals surface area contributed by atoms with E-state index in [2.05, 4.69) is 9.97 Å². The summed E-state index contributed by atoms with van der Waals surface area (Å²) >= 11 is 0. The van der Waals surface area contributed by atoms with Gasteiger partial charge in [-0.25, -0.2) is 9.97 Å². The Morgan fingerprint density at radius 2 is 2.33 bits per heavy atom. The van der Waals surface area contributed by atoms with Crippen molar-refractivity contribution >= 4 is 0 Å². The van der Waals surface area contributed by atoms with Gasteiger partial charge >= 0.3 is 0 Å². The predicted molar refractivity (Wildman–Crippen MR) is 46.6 cm³/mol. The third-order valence-corrected chi connectivity index (χ3v) is 2.10. The fraction of sp³-hybridized carbons (Fsp3) is 0.556. The zero-order valence-electron chi connectivity index (χ0n) is 7.20. The Morgan fingerprint density at radius 3 is 2.92 bits per heavy atom. The molecular weight excluding hydrogens is 150 g/mol. The van der Waals surface area contributed by atoms with Gasteiger partial charge in [0.1, 0.15) is 5.82 Å². The van der Waals surface area contributed by atoms with E-state index < -0.39 is 0 Å². The molecule has 1 saturated carbocycles. The van der Waals surface area contributed by atoms with Gasteiger partial charge in [-0.2, -0.15) is 0 Å². The molecule has 3 nitrogen and oxygen atoms in total. The predicted octanol–water partition coefficient (Wildman–Crippen LogP) is 1.37. The first-order valence-electron chi connectivity index (χ1n) is 4.36. The summed E-state index contributed by atoms with van der Waals surface area (Å²) in [5.41, 5.74) is 6.66. The van der Waals surface area contributed by atoms with Crippen molar-refractivity contribution in [2.45, 2.75) is 31.7 Å². The van der Waals surface area contributed by atoms with Gasteiger partial charge in [0.05, 0.1) is 5.69 Å². The van der Waals surface area contributed by atoms with Crippen molar-refractivity contribution in [2.75, 3.05) is 0 Å². The molecule has 1 fully saturated rings. The summed E-state index contributed by atoms with van der Waals surface area (Å²) in [6.07, 6.45) is 4.28. The van der Waals surface area contributed by atoms with Gasteiger partial charge in [0, 0.05) is 18.2 Å². The summed E-state index contributed by atoms with van der Waals surface area (Å²) in [7, 11) is 0. The van der Waals surface area contributed by atoms with Crippen molar-refractivity contribution in [1.82, 2.24) is 9.97 Å². The van der Waals surface area contributed by atoms with Crippen LogP contribution in [0.5, 0.6) is 0 Å². The van der Waals surface area contributed by atoms with E-state index in [1.165, 1.54) is 12.8 Å². The second-order valence-electron chi connectivity index (χ2n) is 3.40. The molecule has 0 saturated heterocycles. The van der Waals surface area contributed by atoms with Crippen LogP contribution in [0.4, 0.5) is 0 Å². The average molecular weight is 163 g/mol. The minimum absolute atomic E-state index is 0.0190. The molecule has 1 unspecified atom stereocenters. The first-order valence-corrected chi connectivity index (χ1v) is 4.36. The smallest absolute Gasteiger partial charge is 0.131 e. The first-order chi connectivity index (χ1) is 5.77. The second kappa shape index (κ2) is 2.83. The quantitative estimate of drug-likeness (QED) is 0.716. The van der Waals surface area contributed by atoms with Crippen LogP contribution in [0.15, 0.2) is 12.3 Å². The fourth-order valence-corrected chi connectivity index (χ4v) is 1.18. The van der Waals surface area contributed by atoms with E-state index in [1.807, 2.05) is 13.0 Å². The lowest BCUT2D eigenvalue weighted by molar-refractivity contribution is 0.753. The monoisotopic (exact) mass is 163 g/mol. The molecule has 12 heavy (non-hydrogen) atoms. The molecular formula is C9H13N3. The molecule has 0 aliphatic heterocycles. The summed E-state index contributed by atoms with van der Waals surface area (Å²) in [6.45, 7) is 1.94. The Hall–Kier alpha value is -0.960. The molecule has 64 valence electrons. The molecule has 1 aromatic heterocycles. The Labute approximate surface area is 72.0 Å². The van der Waals surface area contributed by atoms with E-state index in [1.54, 1.807) is 6.20 Å². The summed E-state index contributed by atoms with van der Waals surface area (Å²) in [4.78, 5) is 8.62. The molecule has 0 radical (unpaired) electrons. The Morgan fingerprint density at radius 1 is 1.58 bits per heavy atom. The van der Waals surface area contributed by atoms with Crippen molar-refractivity contribution in [3.05, 3.63) is 23.8 Å². The van der Waals surface area contributed by atoms with E-state index in [9.17, 15) is 0 Å². The minimum Gasteiger partial charge on any atom is -0.323 e. The lowest BCUT2D eigenvalue weighted by atomic mass is 10.2. The third-order valence-electron chi connectivity index (χ3n) is 2.10. The SMILES string of the molecule is CC(N)c1ccnc(C2CC2)n1. The molecule has 1 aliphatic rings. The molecule has 1 atom stereocenters. The molecule has 1 aliphatic carbocycles. The molecule has 1 aromatic rings. The van der Waals surface area contributed by atoms with Gasteiger partial charge < -0.3 is 5.73 Å². The molecule has 0 bridgehead atoms. The van der Waals surface area contributed by atoms with E-state index in [0.29, 0.717) is 5.92 Å². The number of hydrogen-bond acceptors (Lipinski definition) is 3. The molecule has 0 spiro atoms. The zero-order chi connectivity index (χ0) is 8.55. The molecule has 1 heterocycles. The van der Waals surface area contributed by atoms with Crippen LogP contribution in [0.25, 0.3) is 0 Å². The van der Waals surface area contributed by atoms with Crippen LogP contribution in [0, 0.1) is 0 Å². The van der Waals surface area contributed by atoms with Crippen LogP contribution in [-0.2, 0) is 0 Å². The number of hydrogen-bond donors (Lipinski definition) is 1. The Balaban J connectivity index is 2.26. The van der Waals surface area contributed by atoms with Gasteiger partial charge in [-0.3, -0.25) is 0 Å². The largest absolute Gasteiger partial charge is 0.323 e. The highest BCUT2D eigenvalue weighted by molar-refractivity contribution is 5.11. The summed E-state index contributed by atoms with van der Waals surface area (Å²) < 4.78 is 0. The van der Waals surface area contributed by atoms with E-state index in [4.69, 9.17) is 5.73 Å². The molecule has 0 amide bonds. The molecule has 2 rings (SSSR count). The first kappa shape index (κ1) is 7.68. The molecule has 3 heteroatoms. The van der Waals surface area contributed by atoms with Crippen molar-refractivity contribution in [3.63, 3.8) is 0 Å². The van der Waals surface area contributed by atoms with Crippen molar-refractivity contribution in [1.29, 1.82) is 0 Å². The van der Waals surface area contributed by atoms with Gasteiger partial charge in [0.25, 0.3) is 0 Å². The molecule has 2 N–H and O–H groups in total. The van der Waals surface area contributed by atoms with Crippen molar-refractivity contribution < 1.29 is 0 Å². The highest BCUT2D eigenvalue weighted by atomic mass is 14.9. The number of rotatable bonds is 2. The maximum atomic E-state index is 5.71. The van der Waals surface area contributed by atoms with Crippen molar-refractivity contribution in [2.24, 2.45) is 5.73 Å². The number of nitrogens with zero attached hydrogens (tertiary/aromatic N) is 2. The van der Waals surface area contributed by atoms with Gasteiger partial charge in [-0.1, -0.05) is 0 Å². The lowest BCUT2D eigenvalue weighted by Gasteiger charge is -2.04. The normalized spacial score (nSPS) is 19.2. The Bertz CT molecular complexity index is 262. The fourth-order valence-electron chi connectivity index (χ4n) is 1.18. The second-order valence-corrected chi connectivity index (χ2v) is 3.40. The average Bonchev–Trinajstić information content (AvgIpc) is 2.87. The maximum Gasteiger partial charge on any atom is 0.131 e. The van der Waals surface area contributed by atoms with Gasteiger partial charge in [-0.05, 0) is 25.8 Å². The van der Waals surface area contributed by atoms with E-state index >= 15 is 0 Å². The van der Waals surface area contributed by atoms with Gasteiger partial charge in [-0.15, -0.1) is 0 Å². The highest BCUT2D eigenvalue weighted by Gasteiger charge is 2.26. The van der Waals surface area contributed by atoms with Gasteiger partial charge in [0.2, 0.25) is 0 Å². The van der Waals surface area contributed by atoms with Gasteiger partial charge in [0.15, 0.2) is 0 Å². The van der Waals surface area contributed by atoms with E-state index in [-0.39, 0.29) is 6.04 Å². The van der Waals surface area contributed by atoms with Crippen LogP contribution in [-0.4, -0.2) is 9.97 Å². The number of aromatic nitrogens is 2. The van der Waals surface area contributed by atoms with Crippen LogP contribution in [0.1, 0.15) is 43.2 Å². The third kappa shape index (κ3) is 1.46. The van der Waals surface area contributed by atoms with Crippen LogP contribution in [0.2, 0.25) is 0 Å². The summed E-state index contributed by atoms with van der Waals surface area (Å²) in [5, 5.41) is 0. The topological polar surface area (TPSA) is 51.8 Å². The lowest BCUT2D eigenvalue weighted by Crippen LogP contribution is -2.09. The summed E-state index contributed by atoms with van der Waals surface area (Å²) in [5.74, 6) is 1.59. The van der Waals surface area contributed by atoms with Crippen molar-refractivity contribution in [3.8, 4) is 0 Å². The Kier molecular flexibility index (Phi) is 1.81. The van der Waals surface area contributed by atoms with E-state index in [0.717, 1.165) is 11.5 Å². The van der Waals surface area contributed by atoms with Crippen LogP contribution in [0.3, 0.4) is 0 Å².